The number of unbranched alkanes of at least 4 members (excludes halogenated alkanes) is 37. The zero-order valence-corrected chi connectivity index (χ0v) is 53.8. The van der Waals surface area contributed by atoms with Gasteiger partial charge >= 0.3 is 13.8 Å². The first-order valence-corrected chi connectivity index (χ1v) is 35.1. The van der Waals surface area contributed by atoms with Gasteiger partial charge < -0.3 is 19.4 Å². The van der Waals surface area contributed by atoms with Crippen LogP contribution in [0.2, 0.25) is 0 Å². The predicted molar refractivity (Wildman–Crippen MR) is 342 cm³/mol. The maximum absolute atomic E-state index is 13.6. The molecule has 0 bridgehead atoms. The van der Waals surface area contributed by atoms with Gasteiger partial charge in [0.2, 0.25) is 5.91 Å². The van der Waals surface area contributed by atoms with Crippen LogP contribution in [0.5, 0.6) is 0 Å². The molecule has 1 amide bonds. The lowest BCUT2D eigenvalue weighted by atomic mass is 10.0. The molecule has 0 rings (SSSR count). The second-order valence-electron chi connectivity index (χ2n) is 24.0. The lowest BCUT2D eigenvalue weighted by Gasteiger charge is -2.27. The Morgan fingerprint density at radius 3 is 1.19 bits per heavy atom. The molecular formula is C69H130N2O7P+. The first kappa shape index (κ1) is 76.7. The largest absolute Gasteiger partial charge is 0.472 e. The Bertz CT molecular complexity index is 1540. The van der Waals surface area contributed by atoms with Crippen molar-refractivity contribution < 1.29 is 37.3 Å². The highest BCUT2D eigenvalue weighted by atomic mass is 31.2. The molecule has 2 N–H and O–H groups in total. The maximum Gasteiger partial charge on any atom is 0.472 e. The van der Waals surface area contributed by atoms with Crippen LogP contribution < -0.4 is 5.32 Å². The molecule has 79 heavy (non-hydrogen) atoms. The van der Waals surface area contributed by atoms with Gasteiger partial charge in [-0.2, -0.15) is 0 Å². The minimum atomic E-state index is -4.46. The summed E-state index contributed by atoms with van der Waals surface area (Å²) in [7, 11) is 1.48. The standard InChI is InChI=1S/C69H129N2O7P/c1-7-10-13-16-19-22-25-27-29-31-33-34-35-36-38-39-41-43-46-49-52-55-58-61-68(72)70-66(65-77-79(74,75)76-64-63-71(4,5)6)67(60-57-54-51-48-45-24-21-18-15-12-9-3)78-69(73)62-59-56-53-50-47-44-42-40-37-32-30-28-26-23-20-17-14-11-8-2/h20,23,28,30,37,40,44,47,57,60,66-67H,7-19,21-22,24-27,29,31-36,38-39,41-43,45-46,48-56,58-59,61-65H2,1-6H3,(H-,70,72,74,75)/p+1/b23-20-,30-28-,40-37-,47-44-,60-57+. The number of likely N-dealkylation sites (N-methyl/N-ethyl adjacent to an activating group) is 1. The van der Waals surface area contributed by atoms with Crippen molar-refractivity contribution in [2.24, 2.45) is 0 Å². The average Bonchev–Trinajstić information content (AvgIpc) is 3.41. The topological polar surface area (TPSA) is 111 Å². The third-order valence-electron chi connectivity index (χ3n) is 15.0. The summed E-state index contributed by atoms with van der Waals surface area (Å²) in [6.07, 6.45) is 75.2. The first-order chi connectivity index (χ1) is 38.4. The van der Waals surface area contributed by atoms with Crippen molar-refractivity contribution in [1.29, 1.82) is 0 Å². The van der Waals surface area contributed by atoms with Crippen LogP contribution >= 0.6 is 7.82 Å². The fraction of sp³-hybridized carbons (Fsp3) is 0.826. The molecule has 10 heteroatoms. The molecule has 0 aliphatic rings. The second kappa shape index (κ2) is 58.9. The monoisotopic (exact) mass is 1130 g/mol. The summed E-state index contributed by atoms with van der Waals surface area (Å²) in [5, 5.41) is 3.06. The number of quaternary nitrogens is 1. The quantitative estimate of drug-likeness (QED) is 0.0205. The Kier molecular flexibility index (Phi) is 57.2. The summed E-state index contributed by atoms with van der Waals surface area (Å²) in [5.74, 6) is -0.531. The lowest BCUT2D eigenvalue weighted by molar-refractivity contribution is -0.870. The summed E-state index contributed by atoms with van der Waals surface area (Å²) in [5.41, 5.74) is 0. The van der Waals surface area contributed by atoms with Gasteiger partial charge in [0.1, 0.15) is 19.3 Å². The van der Waals surface area contributed by atoms with Gasteiger partial charge in [-0.05, 0) is 76.7 Å². The molecular weight excluding hydrogens is 1000 g/mol. The molecule has 0 aromatic carbocycles. The molecule has 0 saturated carbocycles. The Morgan fingerprint density at radius 2 is 0.772 bits per heavy atom. The predicted octanol–water partition coefficient (Wildman–Crippen LogP) is 21.0. The number of hydrogen-bond donors (Lipinski definition) is 2. The average molecular weight is 1130 g/mol. The number of amides is 1. The maximum atomic E-state index is 13.6. The lowest BCUT2D eigenvalue weighted by Crippen LogP contribution is -2.47. The Morgan fingerprint density at radius 1 is 0.443 bits per heavy atom. The van der Waals surface area contributed by atoms with Crippen LogP contribution in [0.1, 0.15) is 316 Å². The van der Waals surface area contributed by atoms with E-state index in [1.165, 1.54) is 199 Å². The van der Waals surface area contributed by atoms with Crippen LogP contribution in [0.4, 0.5) is 0 Å². The van der Waals surface area contributed by atoms with Gasteiger partial charge in [0, 0.05) is 12.8 Å². The van der Waals surface area contributed by atoms with Crippen molar-refractivity contribution in [2.45, 2.75) is 328 Å². The smallest absolute Gasteiger partial charge is 0.456 e. The van der Waals surface area contributed by atoms with Crippen LogP contribution in [0.15, 0.2) is 60.8 Å². The minimum absolute atomic E-state index is 0.0350. The van der Waals surface area contributed by atoms with E-state index >= 15 is 0 Å². The van der Waals surface area contributed by atoms with Gasteiger partial charge in [0.25, 0.3) is 0 Å². The first-order valence-electron chi connectivity index (χ1n) is 33.6. The third kappa shape index (κ3) is 60.1. The molecule has 462 valence electrons. The van der Waals surface area contributed by atoms with Crippen LogP contribution in [0.3, 0.4) is 0 Å². The molecule has 9 nitrogen and oxygen atoms in total. The van der Waals surface area contributed by atoms with Crippen LogP contribution in [-0.4, -0.2) is 74.3 Å². The van der Waals surface area contributed by atoms with E-state index in [4.69, 9.17) is 13.8 Å². The van der Waals surface area contributed by atoms with E-state index < -0.39 is 20.0 Å². The molecule has 0 fully saturated rings. The summed E-state index contributed by atoms with van der Waals surface area (Å²) >= 11 is 0. The van der Waals surface area contributed by atoms with E-state index in [-0.39, 0.29) is 31.5 Å². The molecule has 0 spiro atoms. The summed E-state index contributed by atoms with van der Waals surface area (Å²) in [6, 6.07) is -0.861. The number of phosphoric acid groups is 1. The van der Waals surface area contributed by atoms with Crippen LogP contribution in [0, 0.1) is 0 Å². The van der Waals surface area contributed by atoms with Crippen LogP contribution in [0.25, 0.3) is 0 Å². The molecule has 0 heterocycles. The van der Waals surface area contributed by atoms with E-state index in [2.05, 4.69) is 74.7 Å². The van der Waals surface area contributed by atoms with Crippen molar-refractivity contribution in [1.82, 2.24) is 5.32 Å². The van der Waals surface area contributed by atoms with Crippen molar-refractivity contribution >= 4 is 19.7 Å². The zero-order chi connectivity index (χ0) is 57.9. The Balaban J connectivity index is 5.13. The number of phosphoric ester groups is 1. The van der Waals surface area contributed by atoms with Crippen molar-refractivity contribution in [2.75, 3.05) is 40.9 Å². The Hall–Kier alpha value is -2.29. The molecule has 0 aliphatic carbocycles. The van der Waals surface area contributed by atoms with E-state index in [1.54, 1.807) is 0 Å². The minimum Gasteiger partial charge on any atom is -0.456 e. The molecule has 3 unspecified atom stereocenters. The van der Waals surface area contributed by atoms with Gasteiger partial charge in [0.05, 0.1) is 33.8 Å². The van der Waals surface area contributed by atoms with Gasteiger partial charge in [-0.3, -0.25) is 18.6 Å². The van der Waals surface area contributed by atoms with E-state index in [9.17, 15) is 19.0 Å². The van der Waals surface area contributed by atoms with E-state index in [0.717, 1.165) is 77.0 Å². The summed E-state index contributed by atoms with van der Waals surface area (Å²) in [4.78, 5) is 37.8. The summed E-state index contributed by atoms with van der Waals surface area (Å²) < 4.78 is 30.7. The van der Waals surface area contributed by atoms with Gasteiger partial charge in [-0.15, -0.1) is 0 Å². The fourth-order valence-electron chi connectivity index (χ4n) is 9.75. The fourth-order valence-corrected chi connectivity index (χ4v) is 10.5. The van der Waals surface area contributed by atoms with Crippen LogP contribution in [-0.2, 0) is 27.9 Å². The van der Waals surface area contributed by atoms with Gasteiger partial charge in [0.15, 0.2) is 0 Å². The number of nitrogens with one attached hydrogen (secondary N) is 1. The number of nitrogens with zero attached hydrogens (tertiary/aromatic N) is 1. The molecule has 0 radical (unpaired) electrons. The molecule has 3 atom stereocenters. The third-order valence-corrected chi connectivity index (χ3v) is 15.9. The van der Waals surface area contributed by atoms with E-state index in [1.807, 2.05) is 33.3 Å². The van der Waals surface area contributed by atoms with Crippen molar-refractivity contribution in [3.63, 3.8) is 0 Å². The number of carbonyl (C=O) groups excluding carboxylic acids is 2. The number of ether oxygens (including phenoxy) is 1. The second-order valence-corrected chi connectivity index (χ2v) is 25.5. The van der Waals surface area contributed by atoms with Gasteiger partial charge in [-0.25, -0.2) is 4.57 Å². The molecule has 0 aromatic rings. The molecule has 0 aromatic heterocycles. The highest BCUT2D eigenvalue weighted by molar-refractivity contribution is 7.47. The summed E-state index contributed by atoms with van der Waals surface area (Å²) in [6.45, 7) is 6.99. The highest BCUT2D eigenvalue weighted by Gasteiger charge is 2.30. The number of allylic oxidation sites excluding steroid dienone is 9. The number of carbonyl (C=O) groups is 2. The highest BCUT2D eigenvalue weighted by Crippen LogP contribution is 2.43. The Labute approximate surface area is 490 Å². The number of rotatable bonds is 61. The van der Waals surface area contributed by atoms with Crippen molar-refractivity contribution in [3.8, 4) is 0 Å². The van der Waals surface area contributed by atoms with E-state index in [0.29, 0.717) is 23.9 Å². The number of hydrogen-bond acceptors (Lipinski definition) is 6. The molecule has 0 aliphatic heterocycles. The zero-order valence-electron chi connectivity index (χ0n) is 52.9. The van der Waals surface area contributed by atoms with Gasteiger partial charge in [-0.1, -0.05) is 287 Å². The normalized spacial score (nSPS) is 14.0. The SMILES string of the molecule is CCCCC/C=C\C/C=C\C/C=C\C/C=C\CCCCCC(=O)OC(/C=C/CCCCCCCCCCC)C(COP(=O)(O)OCC[N+](C)(C)C)NC(=O)CCCCCCCCCCCCCCCCCCCCCCCCC. The van der Waals surface area contributed by atoms with Crippen molar-refractivity contribution in [3.05, 3.63) is 60.8 Å². The number of esters is 1. The molecule has 0 saturated heterocycles.